The lowest BCUT2D eigenvalue weighted by molar-refractivity contribution is 0.249. The average molecular weight is 505 g/mol. The molecule has 3 heterocycles. The number of anilines is 1. The van der Waals surface area contributed by atoms with Gasteiger partial charge in [0.25, 0.3) is 0 Å². The molecule has 0 spiro atoms. The molecule has 0 amide bonds. The summed E-state index contributed by atoms with van der Waals surface area (Å²) < 4.78 is 12.9. The second-order valence-electron chi connectivity index (χ2n) is 8.77. The van der Waals surface area contributed by atoms with Crippen LogP contribution in [-0.4, -0.2) is 60.1 Å². The van der Waals surface area contributed by atoms with Crippen LogP contribution < -0.4 is 19.7 Å². The molecular formula is C27H32N6O2S. The molecular weight excluding hydrogens is 472 g/mol. The van der Waals surface area contributed by atoms with Crippen LogP contribution in [0, 0.1) is 0 Å². The number of ether oxygens (including phenoxy) is 2. The maximum Gasteiger partial charge on any atom is 0.218 e. The molecule has 2 aromatic carbocycles. The molecule has 8 nitrogen and oxygen atoms in total. The Morgan fingerprint density at radius 1 is 0.861 bits per heavy atom. The van der Waals surface area contributed by atoms with Crippen LogP contribution >= 0.6 is 11.3 Å². The first-order chi connectivity index (χ1) is 17.7. The van der Waals surface area contributed by atoms with Gasteiger partial charge in [-0.2, -0.15) is 0 Å². The van der Waals surface area contributed by atoms with E-state index in [1.807, 2.05) is 24.4 Å². The Labute approximate surface area is 216 Å². The lowest BCUT2D eigenvalue weighted by Crippen LogP contribution is -2.45. The molecule has 0 bridgehead atoms. The molecule has 0 unspecified atom stereocenters. The highest BCUT2D eigenvalue weighted by Crippen LogP contribution is 2.27. The third-order valence-electron chi connectivity index (χ3n) is 6.45. The summed E-state index contributed by atoms with van der Waals surface area (Å²) in [6.07, 6.45) is 2.05. The fraction of sp³-hybridized carbons (Fsp3) is 0.333. The molecule has 2 aromatic heterocycles. The minimum atomic E-state index is 0.687. The van der Waals surface area contributed by atoms with Gasteiger partial charge in [-0.15, -0.1) is 10.2 Å². The highest BCUT2D eigenvalue weighted by atomic mass is 32.1. The van der Waals surface area contributed by atoms with Gasteiger partial charge in [0.15, 0.2) is 0 Å². The Kier molecular flexibility index (Phi) is 7.80. The van der Waals surface area contributed by atoms with Crippen LogP contribution in [0.3, 0.4) is 0 Å². The summed E-state index contributed by atoms with van der Waals surface area (Å²) in [5, 5.41) is 14.4. The Balaban J connectivity index is 1.17. The first-order valence-corrected chi connectivity index (χ1v) is 13.0. The highest BCUT2D eigenvalue weighted by Gasteiger charge is 2.21. The van der Waals surface area contributed by atoms with Crippen molar-refractivity contribution in [2.24, 2.45) is 0 Å². The van der Waals surface area contributed by atoms with Gasteiger partial charge >= 0.3 is 0 Å². The zero-order chi connectivity index (χ0) is 24.7. The number of piperazine rings is 1. The topological polar surface area (TPSA) is 67.7 Å². The van der Waals surface area contributed by atoms with E-state index in [1.54, 1.807) is 25.6 Å². The number of hydrogen-bond donors (Lipinski definition) is 1. The van der Waals surface area contributed by atoms with Gasteiger partial charge in [-0.25, -0.2) is 0 Å². The fourth-order valence-electron chi connectivity index (χ4n) is 4.44. The van der Waals surface area contributed by atoms with Crippen LogP contribution in [0.5, 0.6) is 11.5 Å². The van der Waals surface area contributed by atoms with Crippen molar-refractivity contribution < 1.29 is 9.47 Å². The second-order valence-corrected chi connectivity index (χ2v) is 9.70. The minimum absolute atomic E-state index is 0.687. The van der Waals surface area contributed by atoms with Gasteiger partial charge in [-0.05, 0) is 23.8 Å². The molecule has 36 heavy (non-hydrogen) atoms. The standard InChI is InChI=1S/C27H32N6O2S/c1-34-24-11-10-22(25(17-24)35-2)18-28-19-23-9-6-12-33(23)27-30-29-26(36-27)32-15-13-31(14-16-32)20-21-7-4-3-5-8-21/h3-12,17,28H,13-16,18-20H2,1-2H3. The first-order valence-electron chi connectivity index (χ1n) is 12.2. The Hall–Kier alpha value is -3.40. The van der Waals surface area contributed by atoms with Gasteiger partial charge in [0.1, 0.15) is 11.5 Å². The summed E-state index contributed by atoms with van der Waals surface area (Å²) in [5.74, 6) is 1.60. The van der Waals surface area contributed by atoms with Crippen molar-refractivity contribution in [3.8, 4) is 16.6 Å². The van der Waals surface area contributed by atoms with Gasteiger partial charge < -0.3 is 19.7 Å². The third kappa shape index (κ3) is 5.70. The molecule has 1 saturated heterocycles. The summed E-state index contributed by atoms with van der Waals surface area (Å²) in [6.45, 7) is 6.37. The number of nitrogens with zero attached hydrogens (tertiary/aromatic N) is 5. The maximum absolute atomic E-state index is 5.52. The van der Waals surface area contributed by atoms with Gasteiger partial charge in [0.05, 0.1) is 14.2 Å². The summed E-state index contributed by atoms with van der Waals surface area (Å²) in [4.78, 5) is 4.85. The number of rotatable bonds is 10. The van der Waals surface area contributed by atoms with Crippen molar-refractivity contribution in [1.82, 2.24) is 25.0 Å². The zero-order valence-electron chi connectivity index (χ0n) is 20.8. The van der Waals surface area contributed by atoms with E-state index in [-0.39, 0.29) is 0 Å². The summed E-state index contributed by atoms with van der Waals surface area (Å²) in [7, 11) is 3.34. The summed E-state index contributed by atoms with van der Waals surface area (Å²) >= 11 is 1.64. The van der Waals surface area contributed by atoms with Gasteiger partial charge in [-0.1, -0.05) is 47.7 Å². The Morgan fingerprint density at radius 3 is 2.44 bits per heavy atom. The van der Waals surface area contributed by atoms with Gasteiger partial charge in [0, 0.05) is 69.3 Å². The number of nitrogens with one attached hydrogen (secondary N) is 1. The third-order valence-corrected chi connectivity index (χ3v) is 7.43. The second kappa shape index (κ2) is 11.6. The predicted octanol–water partition coefficient (Wildman–Crippen LogP) is 3.96. The SMILES string of the molecule is COc1ccc(CNCc2cccn2-c2nnc(N3CCN(Cc4ccccc4)CC3)s2)c(OC)c1. The van der Waals surface area contributed by atoms with Gasteiger partial charge in [0.2, 0.25) is 10.3 Å². The highest BCUT2D eigenvalue weighted by molar-refractivity contribution is 7.17. The summed E-state index contributed by atoms with van der Waals surface area (Å²) in [5.41, 5.74) is 3.59. The number of aromatic nitrogens is 3. The van der Waals surface area contributed by atoms with Crippen LogP contribution in [0.25, 0.3) is 5.13 Å². The van der Waals surface area contributed by atoms with Crippen molar-refractivity contribution in [2.45, 2.75) is 19.6 Å². The van der Waals surface area contributed by atoms with E-state index < -0.39 is 0 Å². The normalized spacial score (nSPS) is 14.2. The molecule has 0 atom stereocenters. The van der Waals surface area contributed by atoms with Crippen LogP contribution in [0.4, 0.5) is 5.13 Å². The van der Waals surface area contributed by atoms with Crippen molar-refractivity contribution >= 4 is 16.5 Å². The fourth-order valence-corrected chi connectivity index (χ4v) is 5.36. The molecule has 1 aliphatic rings. The minimum Gasteiger partial charge on any atom is -0.497 e. The van der Waals surface area contributed by atoms with E-state index >= 15 is 0 Å². The van der Waals surface area contributed by atoms with E-state index in [2.05, 4.69) is 72.3 Å². The molecule has 4 aromatic rings. The number of hydrogen-bond acceptors (Lipinski definition) is 8. The monoisotopic (exact) mass is 504 g/mol. The first kappa shape index (κ1) is 24.3. The van der Waals surface area contributed by atoms with E-state index in [9.17, 15) is 0 Å². The van der Waals surface area contributed by atoms with Gasteiger partial charge in [-0.3, -0.25) is 9.47 Å². The quantitative estimate of drug-likeness (QED) is 0.351. The van der Waals surface area contributed by atoms with E-state index in [4.69, 9.17) is 9.47 Å². The van der Waals surface area contributed by atoms with Crippen molar-refractivity contribution in [2.75, 3.05) is 45.3 Å². The molecule has 0 saturated carbocycles. The molecule has 5 rings (SSSR count). The molecule has 1 N–H and O–H groups in total. The van der Waals surface area contributed by atoms with E-state index in [0.29, 0.717) is 13.1 Å². The van der Waals surface area contributed by atoms with Crippen LogP contribution in [-0.2, 0) is 19.6 Å². The molecule has 188 valence electrons. The lowest BCUT2D eigenvalue weighted by atomic mass is 10.2. The van der Waals surface area contributed by atoms with Crippen LogP contribution in [0.15, 0.2) is 66.9 Å². The number of benzene rings is 2. The molecule has 0 radical (unpaired) electrons. The van der Waals surface area contributed by atoms with E-state index in [1.165, 1.54) is 5.56 Å². The van der Waals surface area contributed by atoms with Crippen LogP contribution in [0.2, 0.25) is 0 Å². The average Bonchev–Trinajstić information content (AvgIpc) is 3.60. The largest absolute Gasteiger partial charge is 0.497 e. The van der Waals surface area contributed by atoms with Crippen molar-refractivity contribution in [1.29, 1.82) is 0 Å². The number of methoxy groups -OCH3 is 2. The Bertz CT molecular complexity index is 1250. The lowest BCUT2D eigenvalue weighted by Gasteiger charge is -2.34. The smallest absolute Gasteiger partial charge is 0.218 e. The van der Waals surface area contributed by atoms with Crippen LogP contribution in [0.1, 0.15) is 16.8 Å². The molecule has 9 heteroatoms. The predicted molar refractivity (Wildman–Crippen MR) is 143 cm³/mol. The van der Waals surface area contributed by atoms with Crippen molar-refractivity contribution in [3.05, 3.63) is 83.7 Å². The zero-order valence-corrected chi connectivity index (χ0v) is 21.6. The maximum atomic E-state index is 5.52. The summed E-state index contributed by atoms with van der Waals surface area (Å²) in [6, 6.07) is 20.7. The molecule has 0 aliphatic carbocycles. The van der Waals surface area contributed by atoms with Crippen molar-refractivity contribution in [3.63, 3.8) is 0 Å². The Morgan fingerprint density at radius 2 is 1.67 bits per heavy atom. The molecule has 1 fully saturated rings. The van der Waals surface area contributed by atoms with E-state index in [0.717, 1.165) is 65.7 Å². The molecule has 1 aliphatic heterocycles.